The number of carbonyl (C=O) groups is 1. The Labute approximate surface area is 184 Å². The number of aromatic hydroxyl groups is 2. The molecule has 0 radical (unpaired) electrons. The number of esters is 1. The maximum Gasteiger partial charge on any atom is 0.310 e. The fourth-order valence-corrected chi connectivity index (χ4v) is 3.81. The molecular formula is C26H44O4. The minimum Gasteiger partial charge on any atom is -0.508 e. The molecule has 4 nitrogen and oxygen atoms in total. The maximum atomic E-state index is 11.9. The number of unbranched alkanes of at least 4 members (excludes halogenated alkanes) is 12. The fraction of sp³-hybridized carbons (Fsp3) is 0.731. The van der Waals surface area contributed by atoms with Gasteiger partial charge in [-0.1, -0.05) is 97.3 Å². The maximum absolute atomic E-state index is 11.9. The highest BCUT2D eigenvalue weighted by molar-refractivity contribution is 5.73. The molecule has 0 aliphatic heterocycles. The number of rotatable bonds is 18. The van der Waals surface area contributed by atoms with Gasteiger partial charge in [-0.15, -0.1) is 0 Å². The first kappa shape index (κ1) is 26.3. The Morgan fingerprint density at radius 2 is 1.27 bits per heavy atom. The van der Waals surface area contributed by atoms with Crippen molar-refractivity contribution in [2.45, 2.75) is 110 Å². The van der Waals surface area contributed by atoms with Gasteiger partial charge < -0.3 is 14.9 Å². The van der Waals surface area contributed by atoms with Gasteiger partial charge in [-0.3, -0.25) is 4.79 Å². The van der Waals surface area contributed by atoms with E-state index in [-0.39, 0.29) is 23.9 Å². The smallest absolute Gasteiger partial charge is 0.310 e. The lowest BCUT2D eigenvalue weighted by molar-refractivity contribution is -0.144. The van der Waals surface area contributed by atoms with Gasteiger partial charge in [0.2, 0.25) is 0 Å². The Kier molecular flexibility index (Phi) is 14.9. The van der Waals surface area contributed by atoms with Crippen LogP contribution in [0.1, 0.15) is 109 Å². The summed E-state index contributed by atoms with van der Waals surface area (Å²) >= 11 is 0. The summed E-state index contributed by atoms with van der Waals surface area (Å²) in [5, 5.41) is 18.9. The Morgan fingerprint density at radius 3 is 1.77 bits per heavy atom. The largest absolute Gasteiger partial charge is 0.508 e. The molecular weight excluding hydrogens is 376 g/mol. The molecule has 0 amide bonds. The molecule has 1 aromatic rings. The van der Waals surface area contributed by atoms with Crippen molar-refractivity contribution in [1.29, 1.82) is 0 Å². The van der Waals surface area contributed by atoms with Gasteiger partial charge in [-0.25, -0.2) is 0 Å². The third-order valence-corrected chi connectivity index (χ3v) is 5.64. The van der Waals surface area contributed by atoms with E-state index < -0.39 is 0 Å². The quantitative estimate of drug-likeness (QED) is 0.193. The van der Waals surface area contributed by atoms with Crippen LogP contribution in [0.2, 0.25) is 0 Å². The van der Waals surface area contributed by atoms with Crippen LogP contribution in [0, 0.1) is 5.92 Å². The van der Waals surface area contributed by atoms with Gasteiger partial charge >= 0.3 is 5.97 Å². The molecule has 0 aromatic heterocycles. The van der Waals surface area contributed by atoms with Crippen LogP contribution in [0.4, 0.5) is 0 Å². The van der Waals surface area contributed by atoms with E-state index in [0.717, 1.165) is 6.42 Å². The van der Waals surface area contributed by atoms with Crippen molar-refractivity contribution < 1.29 is 19.7 Å². The predicted octanol–water partition coefficient (Wildman–Crippen LogP) is 7.30. The Bertz CT molecular complexity index is 550. The Balaban J connectivity index is 1.93. The van der Waals surface area contributed by atoms with E-state index in [1.807, 2.05) is 0 Å². The van der Waals surface area contributed by atoms with Crippen molar-refractivity contribution in [3.8, 4) is 11.5 Å². The summed E-state index contributed by atoms with van der Waals surface area (Å²) in [6.07, 6.45) is 18.8. The highest BCUT2D eigenvalue weighted by atomic mass is 16.5. The van der Waals surface area contributed by atoms with E-state index in [0.29, 0.717) is 18.1 Å². The zero-order valence-corrected chi connectivity index (χ0v) is 19.3. The van der Waals surface area contributed by atoms with Gasteiger partial charge in [0.25, 0.3) is 0 Å². The monoisotopic (exact) mass is 420 g/mol. The average Bonchev–Trinajstić information content (AvgIpc) is 2.69. The summed E-state index contributed by atoms with van der Waals surface area (Å²) in [5.74, 6) is -0.0568. The number of phenols is 2. The van der Waals surface area contributed by atoms with Gasteiger partial charge in [0.15, 0.2) is 0 Å². The van der Waals surface area contributed by atoms with E-state index in [4.69, 9.17) is 4.74 Å². The molecule has 1 unspecified atom stereocenters. The number of hydrogen-bond donors (Lipinski definition) is 2. The molecule has 1 atom stereocenters. The molecule has 0 bridgehead atoms. The standard InChI is InChI=1S/C26H44O4/c1-3-4-5-6-7-8-9-10-11-12-13-14-15-16-22(2)21-30-26(29)19-23-17-24(27)20-25(28)18-23/h17-18,20,22,27-28H,3-16,19,21H2,1-2H3. The van der Waals surface area contributed by atoms with Gasteiger partial charge in [-0.2, -0.15) is 0 Å². The van der Waals surface area contributed by atoms with E-state index in [2.05, 4.69) is 13.8 Å². The van der Waals surface area contributed by atoms with Gasteiger partial charge in [-0.05, 0) is 30.0 Å². The molecule has 0 saturated heterocycles. The molecule has 1 rings (SSSR count). The lowest BCUT2D eigenvalue weighted by atomic mass is 10.0. The molecule has 4 heteroatoms. The van der Waals surface area contributed by atoms with Crippen LogP contribution >= 0.6 is 0 Å². The predicted molar refractivity (Wildman–Crippen MR) is 124 cm³/mol. The van der Waals surface area contributed by atoms with Crippen molar-refractivity contribution in [3.63, 3.8) is 0 Å². The second kappa shape index (κ2) is 17.0. The second-order valence-electron chi connectivity index (χ2n) is 8.85. The van der Waals surface area contributed by atoms with Crippen LogP contribution in [0.5, 0.6) is 11.5 Å². The average molecular weight is 421 g/mol. The Morgan fingerprint density at radius 1 is 0.800 bits per heavy atom. The van der Waals surface area contributed by atoms with Crippen LogP contribution in [0.25, 0.3) is 0 Å². The molecule has 0 saturated carbocycles. The normalized spacial score (nSPS) is 12.1. The Hall–Kier alpha value is -1.71. The lowest BCUT2D eigenvalue weighted by Gasteiger charge is -2.12. The first-order valence-electron chi connectivity index (χ1n) is 12.2. The zero-order chi connectivity index (χ0) is 22.0. The van der Waals surface area contributed by atoms with Crippen LogP contribution in [0.15, 0.2) is 18.2 Å². The van der Waals surface area contributed by atoms with Crippen LogP contribution in [-0.2, 0) is 16.0 Å². The molecule has 0 aliphatic carbocycles. The number of carbonyl (C=O) groups excluding carboxylic acids is 1. The highest BCUT2D eigenvalue weighted by Crippen LogP contribution is 2.21. The molecule has 1 aromatic carbocycles. The molecule has 172 valence electrons. The third kappa shape index (κ3) is 14.3. The molecule has 0 heterocycles. The van der Waals surface area contributed by atoms with Crippen molar-refractivity contribution in [2.24, 2.45) is 5.92 Å². The lowest BCUT2D eigenvalue weighted by Crippen LogP contribution is -2.14. The summed E-state index contributed by atoms with van der Waals surface area (Å²) in [6.45, 7) is 4.82. The SMILES string of the molecule is CCCCCCCCCCCCCCCC(C)COC(=O)Cc1cc(O)cc(O)c1. The molecule has 30 heavy (non-hydrogen) atoms. The highest BCUT2D eigenvalue weighted by Gasteiger charge is 2.10. The van der Waals surface area contributed by atoms with Crippen molar-refractivity contribution in [1.82, 2.24) is 0 Å². The topological polar surface area (TPSA) is 66.8 Å². The molecule has 0 spiro atoms. The van der Waals surface area contributed by atoms with E-state index in [9.17, 15) is 15.0 Å². The number of ether oxygens (including phenoxy) is 1. The number of phenolic OH excluding ortho intramolecular Hbond substituents is 2. The number of benzene rings is 1. The van der Waals surface area contributed by atoms with Crippen molar-refractivity contribution in [2.75, 3.05) is 6.61 Å². The summed E-state index contributed by atoms with van der Waals surface area (Å²) in [7, 11) is 0. The fourth-order valence-electron chi connectivity index (χ4n) is 3.81. The number of hydrogen-bond acceptors (Lipinski definition) is 4. The van der Waals surface area contributed by atoms with Crippen LogP contribution in [0.3, 0.4) is 0 Å². The summed E-state index contributed by atoms with van der Waals surface area (Å²) in [5.41, 5.74) is 0.557. The first-order chi connectivity index (χ1) is 14.5. The van der Waals surface area contributed by atoms with Gasteiger partial charge in [0.1, 0.15) is 11.5 Å². The second-order valence-corrected chi connectivity index (χ2v) is 8.85. The molecule has 0 fully saturated rings. The van der Waals surface area contributed by atoms with E-state index in [1.54, 1.807) is 0 Å². The van der Waals surface area contributed by atoms with Crippen LogP contribution in [-0.4, -0.2) is 22.8 Å². The zero-order valence-electron chi connectivity index (χ0n) is 19.3. The minimum atomic E-state index is -0.322. The van der Waals surface area contributed by atoms with E-state index >= 15 is 0 Å². The van der Waals surface area contributed by atoms with Gasteiger partial charge in [0.05, 0.1) is 13.0 Å². The minimum absolute atomic E-state index is 0.0476. The van der Waals surface area contributed by atoms with E-state index in [1.165, 1.54) is 102 Å². The third-order valence-electron chi connectivity index (χ3n) is 5.64. The summed E-state index contributed by atoms with van der Waals surface area (Å²) in [4.78, 5) is 11.9. The van der Waals surface area contributed by atoms with Gasteiger partial charge in [0, 0.05) is 6.07 Å². The van der Waals surface area contributed by atoms with Crippen LogP contribution < -0.4 is 0 Å². The van der Waals surface area contributed by atoms with Crippen molar-refractivity contribution >= 4 is 5.97 Å². The van der Waals surface area contributed by atoms with Crippen molar-refractivity contribution in [3.05, 3.63) is 23.8 Å². The summed E-state index contributed by atoms with van der Waals surface area (Å²) in [6, 6.07) is 4.18. The molecule has 0 aliphatic rings. The molecule has 2 N–H and O–H groups in total. The summed E-state index contributed by atoms with van der Waals surface area (Å²) < 4.78 is 5.35. The first-order valence-corrected chi connectivity index (χ1v) is 12.2.